The van der Waals surface area contributed by atoms with Gasteiger partial charge in [-0.25, -0.2) is 0 Å². The van der Waals surface area contributed by atoms with Crippen LogP contribution in [0.4, 0.5) is 0 Å². The predicted molar refractivity (Wildman–Crippen MR) is 62.4 cm³/mol. The van der Waals surface area contributed by atoms with Gasteiger partial charge in [-0.2, -0.15) is 0 Å². The van der Waals surface area contributed by atoms with E-state index < -0.39 is 6.10 Å². The fraction of sp³-hybridized carbons (Fsp3) is 0.500. The average molecular weight is 229 g/mol. The van der Waals surface area contributed by atoms with Crippen molar-refractivity contribution in [3.63, 3.8) is 0 Å². The molecule has 3 heteroatoms. The molecule has 1 aromatic carbocycles. The van der Waals surface area contributed by atoms with Crippen molar-refractivity contribution in [3.8, 4) is 5.75 Å². The van der Waals surface area contributed by atoms with Crippen molar-refractivity contribution in [2.45, 2.75) is 26.4 Å². The van der Waals surface area contributed by atoms with E-state index in [-0.39, 0.29) is 0 Å². The molecule has 0 heterocycles. The maximum atomic E-state index is 9.58. The molecule has 0 fully saturated rings. The number of hydrogen-bond acceptors (Lipinski definition) is 2. The van der Waals surface area contributed by atoms with Crippen molar-refractivity contribution in [1.29, 1.82) is 0 Å². The van der Waals surface area contributed by atoms with Crippen molar-refractivity contribution in [1.82, 2.24) is 0 Å². The molecular weight excluding hydrogens is 212 g/mol. The van der Waals surface area contributed by atoms with Crippen LogP contribution in [0.25, 0.3) is 0 Å². The van der Waals surface area contributed by atoms with E-state index in [2.05, 4.69) is 13.8 Å². The lowest BCUT2D eigenvalue weighted by Gasteiger charge is -2.14. The minimum absolute atomic E-state index is 0.333. The van der Waals surface area contributed by atoms with Gasteiger partial charge in [0.05, 0.1) is 6.10 Å². The van der Waals surface area contributed by atoms with Crippen LogP contribution in [0.3, 0.4) is 0 Å². The summed E-state index contributed by atoms with van der Waals surface area (Å²) in [5, 5.41) is 10.3. The molecule has 84 valence electrons. The highest BCUT2D eigenvalue weighted by Crippen LogP contribution is 2.16. The average Bonchev–Trinajstić information content (AvgIpc) is 2.16. The Hall–Kier alpha value is -0.730. The summed E-state index contributed by atoms with van der Waals surface area (Å²) < 4.78 is 5.42. The van der Waals surface area contributed by atoms with Crippen molar-refractivity contribution >= 4 is 11.6 Å². The Kier molecular flexibility index (Phi) is 4.92. The summed E-state index contributed by atoms with van der Waals surface area (Å²) in [6.45, 7) is 4.48. The van der Waals surface area contributed by atoms with Crippen molar-refractivity contribution < 1.29 is 9.84 Å². The van der Waals surface area contributed by atoms with Crippen LogP contribution in [0.2, 0.25) is 5.02 Å². The van der Waals surface area contributed by atoms with Crippen LogP contribution >= 0.6 is 11.6 Å². The Morgan fingerprint density at radius 1 is 1.27 bits per heavy atom. The fourth-order valence-corrected chi connectivity index (χ4v) is 1.46. The van der Waals surface area contributed by atoms with E-state index in [1.807, 2.05) is 0 Å². The van der Waals surface area contributed by atoms with E-state index in [0.717, 1.165) is 12.2 Å². The second-order valence-corrected chi connectivity index (χ2v) is 4.48. The Morgan fingerprint density at radius 2 is 1.87 bits per heavy atom. The zero-order chi connectivity index (χ0) is 11.3. The first-order chi connectivity index (χ1) is 7.08. The normalized spacial score (nSPS) is 12.9. The summed E-state index contributed by atoms with van der Waals surface area (Å²) in [5.41, 5.74) is 0. The molecule has 0 spiro atoms. The van der Waals surface area contributed by atoms with E-state index >= 15 is 0 Å². The van der Waals surface area contributed by atoms with Gasteiger partial charge in [0, 0.05) is 5.02 Å². The van der Waals surface area contributed by atoms with Gasteiger partial charge in [0.2, 0.25) is 0 Å². The van der Waals surface area contributed by atoms with E-state index in [1.165, 1.54) is 0 Å². The molecule has 0 aliphatic rings. The molecule has 0 radical (unpaired) electrons. The van der Waals surface area contributed by atoms with Crippen LogP contribution in [-0.4, -0.2) is 17.8 Å². The van der Waals surface area contributed by atoms with Gasteiger partial charge in [-0.15, -0.1) is 0 Å². The molecule has 0 saturated carbocycles. The maximum Gasteiger partial charge on any atom is 0.119 e. The fourth-order valence-electron chi connectivity index (χ4n) is 1.34. The lowest BCUT2D eigenvalue weighted by molar-refractivity contribution is 0.0893. The zero-order valence-corrected chi connectivity index (χ0v) is 9.87. The first-order valence-corrected chi connectivity index (χ1v) is 5.52. The van der Waals surface area contributed by atoms with Gasteiger partial charge in [-0.05, 0) is 36.6 Å². The lowest BCUT2D eigenvalue weighted by Crippen LogP contribution is -2.19. The molecule has 1 atom stereocenters. The van der Waals surface area contributed by atoms with Gasteiger partial charge in [0.1, 0.15) is 12.4 Å². The molecule has 0 aromatic heterocycles. The van der Waals surface area contributed by atoms with E-state index in [1.54, 1.807) is 24.3 Å². The molecule has 2 nitrogen and oxygen atoms in total. The largest absolute Gasteiger partial charge is 0.491 e. The molecular formula is C12H17ClO2. The van der Waals surface area contributed by atoms with Crippen molar-refractivity contribution in [3.05, 3.63) is 29.3 Å². The van der Waals surface area contributed by atoms with Crippen LogP contribution < -0.4 is 4.74 Å². The second kappa shape index (κ2) is 5.99. The molecule has 0 amide bonds. The van der Waals surface area contributed by atoms with Crippen LogP contribution in [-0.2, 0) is 0 Å². The monoisotopic (exact) mass is 228 g/mol. The molecule has 1 aromatic rings. The predicted octanol–water partition coefficient (Wildman–Crippen LogP) is 3.13. The molecule has 0 aliphatic carbocycles. The third-order valence-corrected chi connectivity index (χ3v) is 2.25. The zero-order valence-electron chi connectivity index (χ0n) is 9.11. The molecule has 15 heavy (non-hydrogen) atoms. The smallest absolute Gasteiger partial charge is 0.119 e. The highest BCUT2D eigenvalue weighted by atomic mass is 35.5. The first kappa shape index (κ1) is 12.3. The van der Waals surface area contributed by atoms with Gasteiger partial charge < -0.3 is 9.84 Å². The van der Waals surface area contributed by atoms with Crippen LogP contribution in [0.15, 0.2) is 24.3 Å². The third-order valence-electron chi connectivity index (χ3n) is 2.00. The number of hydrogen-bond donors (Lipinski definition) is 1. The number of aliphatic hydroxyl groups is 1. The van der Waals surface area contributed by atoms with Crippen LogP contribution in [0.1, 0.15) is 20.3 Å². The van der Waals surface area contributed by atoms with E-state index in [0.29, 0.717) is 17.5 Å². The minimum atomic E-state index is -0.402. The van der Waals surface area contributed by atoms with Gasteiger partial charge in [-0.3, -0.25) is 0 Å². The standard InChI is InChI=1S/C12H17ClO2/c1-9(2)7-11(14)8-15-12-5-3-10(13)4-6-12/h3-6,9,11,14H,7-8H2,1-2H3. The van der Waals surface area contributed by atoms with Crippen molar-refractivity contribution in [2.24, 2.45) is 5.92 Å². The third kappa shape index (κ3) is 5.05. The molecule has 1 rings (SSSR count). The van der Waals surface area contributed by atoms with Gasteiger partial charge in [0.25, 0.3) is 0 Å². The summed E-state index contributed by atoms with van der Waals surface area (Å²) >= 11 is 5.74. The Bertz CT molecular complexity index is 282. The topological polar surface area (TPSA) is 29.5 Å². The molecule has 0 bridgehead atoms. The quantitative estimate of drug-likeness (QED) is 0.839. The second-order valence-electron chi connectivity index (χ2n) is 4.05. The summed E-state index contributed by atoms with van der Waals surface area (Å²) in [6.07, 6.45) is 0.355. The van der Waals surface area contributed by atoms with Crippen molar-refractivity contribution in [2.75, 3.05) is 6.61 Å². The summed E-state index contributed by atoms with van der Waals surface area (Å²) in [6, 6.07) is 7.13. The number of benzene rings is 1. The maximum absolute atomic E-state index is 9.58. The van der Waals surface area contributed by atoms with Gasteiger partial charge in [-0.1, -0.05) is 25.4 Å². The molecule has 0 aliphatic heterocycles. The summed E-state index contributed by atoms with van der Waals surface area (Å²) in [7, 11) is 0. The highest BCUT2D eigenvalue weighted by molar-refractivity contribution is 6.30. The van der Waals surface area contributed by atoms with Gasteiger partial charge >= 0.3 is 0 Å². The molecule has 1 N–H and O–H groups in total. The summed E-state index contributed by atoms with van der Waals surface area (Å²) in [5.74, 6) is 1.22. The molecule has 1 unspecified atom stereocenters. The van der Waals surface area contributed by atoms with E-state index in [9.17, 15) is 5.11 Å². The SMILES string of the molecule is CC(C)CC(O)COc1ccc(Cl)cc1. The van der Waals surface area contributed by atoms with Gasteiger partial charge in [0.15, 0.2) is 0 Å². The first-order valence-electron chi connectivity index (χ1n) is 5.14. The number of ether oxygens (including phenoxy) is 1. The number of rotatable bonds is 5. The number of halogens is 1. The number of aliphatic hydroxyl groups excluding tert-OH is 1. The Balaban J connectivity index is 2.33. The minimum Gasteiger partial charge on any atom is -0.491 e. The Labute approximate surface area is 95.8 Å². The lowest BCUT2D eigenvalue weighted by atomic mass is 10.1. The van der Waals surface area contributed by atoms with E-state index in [4.69, 9.17) is 16.3 Å². The van der Waals surface area contributed by atoms with Crippen LogP contribution in [0.5, 0.6) is 5.75 Å². The highest BCUT2D eigenvalue weighted by Gasteiger charge is 2.07. The molecule has 0 saturated heterocycles. The summed E-state index contributed by atoms with van der Waals surface area (Å²) in [4.78, 5) is 0. The van der Waals surface area contributed by atoms with Crippen LogP contribution in [0, 0.1) is 5.92 Å². The Morgan fingerprint density at radius 3 is 2.40 bits per heavy atom.